The van der Waals surface area contributed by atoms with Crippen molar-refractivity contribution in [3.8, 4) is 0 Å². The Labute approximate surface area is 130 Å². The third-order valence-electron chi connectivity index (χ3n) is 3.14. The van der Waals surface area contributed by atoms with E-state index in [4.69, 9.17) is 0 Å². The summed E-state index contributed by atoms with van der Waals surface area (Å²) >= 11 is 0. The van der Waals surface area contributed by atoms with Gasteiger partial charge >= 0.3 is 6.18 Å². The summed E-state index contributed by atoms with van der Waals surface area (Å²) in [5, 5.41) is 22.4. The minimum Gasteiger partial charge on any atom is -0.545 e. The van der Waals surface area contributed by atoms with Gasteiger partial charge in [0.2, 0.25) is 0 Å². The Bertz CT molecular complexity index is 561. The van der Waals surface area contributed by atoms with E-state index in [9.17, 15) is 33.2 Å². The van der Waals surface area contributed by atoms with Gasteiger partial charge in [-0.1, -0.05) is 13.8 Å². The summed E-state index contributed by atoms with van der Waals surface area (Å²) < 4.78 is 38.6. The second-order valence-corrected chi connectivity index (χ2v) is 4.92. The summed E-state index contributed by atoms with van der Waals surface area (Å²) in [6.07, 6.45) is -3.80. The molecule has 0 aliphatic carbocycles. The lowest BCUT2D eigenvalue weighted by Crippen LogP contribution is -2.31. The Balaban J connectivity index is 3.70. The van der Waals surface area contributed by atoms with Gasteiger partial charge in [-0.15, -0.1) is 0 Å². The van der Waals surface area contributed by atoms with E-state index in [-0.39, 0.29) is 18.8 Å². The number of benzene rings is 1. The van der Waals surface area contributed by atoms with Crippen molar-refractivity contribution in [2.75, 3.05) is 18.0 Å². The molecule has 0 unspecified atom stereocenters. The van der Waals surface area contributed by atoms with Crippen molar-refractivity contribution in [3.63, 3.8) is 0 Å². The van der Waals surface area contributed by atoms with Crippen LogP contribution in [0.25, 0.3) is 0 Å². The Hall–Kier alpha value is -2.32. The first-order chi connectivity index (χ1) is 10.6. The van der Waals surface area contributed by atoms with Gasteiger partial charge in [0.15, 0.2) is 0 Å². The molecule has 0 aliphatic rings. The van der Waals surface area contributed by atoms with Crippen molar-refractivity contribution in [3.05, 3.63) is 33.4 Å². The first-order valence-corrected chi connectivity index (χ1v) is 6.99. The first-order valence-electron chi connectivity index (χ1n) is 6.99. The van der Waals surface area contributed by atoms with Crippen LogP contribution in [0.15, 0.2) is 12.1 Å². The highest BCUT2D eigenvalue weighted by Gasteiger charge is 2.35. The quantitative estimate of drug-likeness (QED) is 0.565. The fourth-order valence-corrected chi connectivity index (χ4v) is 2.29. The number of carbonyl (C=O) groups excluding carboxylic acids is 1. The topological polar surface area (TPSA) is 86.5 Å². The summed E-state index contributed by atoms with van der Waals surface area (Å²) in [6, 6.07) is 0.746. The average molecular weight is 333 g/mol. The number of halogens is 3. The largest absolute Gasteiger partial charge is 0.545 e. The number of anilines is 1. The molecule has 0 atom stereocenters. The molecule has 0 aromatic heterocycles. The van der Waals surface area contributed by atoms with Crippen LogP contribution in [0.2, 0.25) is 0 Å². The smallest absolute Gasteiger partial charge is 0.416 e. The maximum Gasteiger partial charge on any atom is 0.416 e. The van der Waals surface area contributed by atoms with Crippen molar-refractivity contribution in [2.24, 2.45) is 0 Å². The van der Waals surface area contributed by atoms with Crippen LogP contribution in [0, 0.1) is 10.1 Å². The molecule has 0 aliphatic heterocycles. The number of carboxylic acids is 1. The molecule has 0 spiro atoms. The highest BCUT2D eigenvalue weighted by Crippen LogP contribution is 2.39. The van der Waals surface area contributed by atoms with Gasteiger partial charge in [0.25, 0.3) is 5.69 Å². The SMILES string of the molecule is CCCN(CCC)c1c(C(=O)[O-])cc(C(F)(F)F)cc1[N+](=O)[O-]. The second kappa shape index (κ2) is 7.30. The van der Waals surface area contributed by atoms with Crippen LogP contribution in [0.4, 0.5) is 24.5 Å². The number of nitro benzene ring substituents is 1. The molecule has 9 heteroatoms. The van der Waals surface area contributed by atoms with E-state index in [2.05, 4.69) is 0 Å². The molecule has 23 heavy (non-hydrogen) atoms. The maximum atomic E-state index is 12.9. The van der Waals surface area contributed by atoms with Gasteiger partial charge < -0.3 is 14.8 Å². The molecule has 0 fully saturated rings. The monoisotopic (exact) mass is 333 g/mol. The highest BCUT2D eigenvalue weighted by molar-refractivity contribution is 5.96. The van der Waals surface area contributed by atoms with E-state index < -0.39 is 33.9 Å². The number of carbonyl (C=O) groups is 1. The predicted octanol–water partition coefficient (Wildman–Crippen LogP) is 2.60. The van der Waals surface area contributed by atoms with E-state index in [1.165, 1.54) is 4.90 Å². The van der Waals surface area contributed by atoms with Crippen molar-refractivity contribution < 1.29 is 28.0 Å². The van der Waals surface area contributed by atoms with Crippen LogP contribution in [0.5, 0.6) is 0 Å². The van der Waals surface area contributed by atoms with Crippen LogP contribution >= 0.6 is 0 Å². The zero-order valence-electron chi connectivity index (χ0n) is 12.6. The zero-order valence-corrected chi connectivity index (χ0v) is 12.6. The van der Waals surface area contributed by atoms with E-state index in [1.54, 1.807) is 13.8 Å². The molecule has 6 nitrogen and oxygen atoms in total. The Morgan fingerprint density at radius 3 is 2.09 bits per heavy atom. The summed E-state index contributed by atoms with van der Waals surface area (Å²) in [5.41, 5.74) is -3.44. The molecular formula is C14H16F3N2O4-. The Morgan fingerprint density at radius 2 is 1.74 bits per heavy atom. The lowest BCUT2D eigenvalue weighted by atomic mass is 10.0. The van der Waals surface area contributed by atoms with Crippen molar-refractivity contribution in [1.29, 1.82) is 0 Å². The number of carboxylic acid groups (broad SMARTS) is 1. The minimum absolute atomic E-state index is 0.278. The summed E-state index contributed by atoms with van der Waals surface area (Å²) in [6.45, 7) is 4.11. The minimum atomic E-state index is -4.90. The molecule has 0 bridgehead atoms. The number of rotatable bonds is 7. The van der Waals surface area contributed by atoms with Crippen LogP contribution in [0.3, 0.4) is 0 Å². The normalized spacial score (nSPS) is 11.3. The lowest BCUT2D eigenvalue weighted by Gasteiger charge is -2.27. The molecule has 0 amide bonds. The van der Waals surface area contributed by atoms with Crippen molar-refractivity contribution in [1.82, 2.24) is 0 Å². The second-order valence-electron chi connectivity index (χ2n) is 4.92. The molecule has 0 saturated heterocycles. The molecule has 1 aromatic carbocycles. The molecule has 128 valence electrons. The van der Waals surface area contributed by atoms with E-state index in [1.807, 2.05) is 0 Å². The van der Waals surface area contributed by atoms with Gasteiger partial charge in [0.1, 0.15) is 5.69 Å². The van der Waals surface area contributed by atoms with Crippen LogP contribution in [0.1, 0.15) is 42.6 Å². The highest BCUT2D eigenvalue weighted by atomic mass is 19.4. The molecule has 0 radical (unpaired) electrons. The van der Waals surface area contributed by atoms with Crippen LogP contribution < -0.4 is 10.0 Å². The van der Waals surface area contributed by atoms with Gasteiger partial charge in [-0.25, -0.2) is 0 Å². The van der Waals surface area contributed by atoms with Gasteiger partial charge in [0.05, 0.1) is 16.5 Å². The predicted molar refractivity (Wildman–Crippen MR) is 75.2 cm³/mol. The van der Waals surface area contributed by atoms with Crippen molar-refractivity contribution in [2.45, 2.75) is 32.9 Å². The molecule has 1 rings (SSSR count). The lowest BCUT2D eigenvalue weighted by molar-refractivity contribution is -0.384. The summed E-state index contributed by atoms with van der Waals surface area (Å²) in [7, 11) is 0. The molecule has 0 heterocycles. The van der Waals surface area contributed by atoms with Crippen LogP contribution in [-0.2, 0) is 6.18 Å². The number of alkyl halides is 3. The third-order valence-corrected chi connectivity index (χ3v) is 3.14. The van der Waals surface area contributed by atoms with Gasteiger partial charge in [-0.05, 0) is 18.9 Å². The summed E-state index contributed by atoms with van der Waals surface area (Å²) in [4.78, 5) is 22.8. The standard InChI is InChI=1S/C14H17F3N2O4/c1-3-5-18(6-4-2)12-10(13(20)21)7-9(14(15,16)17)8-11(12)19(22)23/h7-8H,3-6H2,1-2H3,(H,20,21)/p-1. The van der Waals surface area contributed by atoms with E-state index >= 15 is 0 Å². The van der Waals surface area contributed by atoms with Gasteiger partial charge in [-0.3, -0.25) is 10.1 Å². The summed E-state index contributed by atoms with van der Waals surface area (Å²) in [5.74, 6) is -1.88. The Kier molecular flexibility index (Phi) is 5.94. The van der Waals surface area contributed by atoms with E-state index in [0.717, 1.165) is 0 Å². The van der Waals surface area contributed by atoms with E-state index in [0.29, 0.717) is 25.0 Å². The first kappa shape index (κ1) is 18.7. The van der Waals surface area contributed by atoms with Gasteiger partial charge in [-0.2, -0.15) is 13.2 Å². The number of nitrogens with zero attached hydrogens (tertiary/aromatic N) is 2. The molecule has 0 N–H and O–H groups in total. The fourth-order valence-electron chi connectivity index (χ4n) is 2.29. The maximum absolute atomic E-state index is 12.9. The average Bonchev–Trinajstić information content (AvgIpc) is 2.44. The molecular weight excluding hydrogens is 317 g/mol. The molecule has 1 aromatic rings. The number of aromatic carboxylic acids is 1. The number of hydrogen-bond acceptors (Lipinski definition) is 5. The Morgan fingerprint density at radius 1 is 1.22 bits per heavy atom. The number of nitro groups is 1. The van der Waals surface area contributed by atoms with Crippen molar-refractivity contribution >= 4 is 17.3 Å². The van der Waals surface area contributed by atoms with Crippen LogP contribution in [-0.4, -0.2) is 24.0 Å². The third kappa shape index (κ3) is 4.33. The van der Waals surface area contributed by atoms with Gasteiger partial charge in [0, 0.05) is 24.7 Å². The fraction of sp³-hybridized carbons (Fsp3) is 0.500. The zero-order chi connectivity index (χ0) is 17.8. The molecule has 0 saturated carbocycles. The number of hydrogen-bond donors (Lipinski definition) is 0.